The maximum absolute atomic E-state index is 9.70. The molecule has 0 unspecified atom stereocenters. The molecule has 0 bridgehead atoms. The molecule has 1 fully saturated rings. The minimum absolute atomic E-state index is 0.500. The van der Waals surface area contributed by atoms with Crippen molar-refractivity contribution in [3.05, 3.63) is 0 Å². The van der Waals surface area contributed by atoms with Crippen molar-refractivity contribution in [1.82, 2.24) is 5.32 Å². The van der Waals surface area contributed by atoms with Crippen LogP contribution in [-0.4, -0.2) is 22.8 Å². The number of rotatable bonds is 6. The quantitative estimate of drug-likeness (QED) is 0.751. The van der Waals surface area contributed by atoms with E-state index in [-0.39, 0.29) is 0 Å². The topological polar surface area (TPSA) is 32.3 Å². The van der Waals surface area contributed by atoms with Gasteiger partial charge in [0.1, 0.15) is 0 Å². The average Bonchev–Trinajstić information content (AvgIpc) is 2.20. The molecule has 2 heteroatoms. The highest BCUT2D eigenvalue weighted by molar-refractivity contribution is 4.74. The number of aliphatic hydroxyl groups is 1. The molecule has 0 aromatic rings. The van der Waals surface area contributed by atoms with Crippen LogP contribution in [0.5, 0.6) is 0 Å². The van der Waals surface area contributed by atoms with Gasteiger partial charge >= 0.3 is 0 Å². The largest absolute Gasteiger partial charge is 0.390 e. The van der Waals surface area contributed by atoms with E-state index in [9.17, 15) is 5.11 Å². The summed E-state index contributed by atoms with van der Waals surface area (Å²) in [7, 11) is 0. The van der Waals surface area contributed by atoms with Crippen LogP contribution in [0, 0.1) is 0 Å². The molecule has 18 heavy (non-hydrogen) atoms. The lowest BCUT2D eigenvalue weighted by Gasteiger charge is -2.26. The molecule has 0 saturated heterocycles. The van der Waals surface area contributed by atoms with Crippen molar-refractivity contribution in [3.63, 3.8) is 0 Å². The van der Waals surface area contributed by atoms with Gasteiger partial charge in [0.25, 0.3) is 0 Å². The predicted molar refractivity (Wildman–Crippen MR) is 78.9 cm³/mol. The van der Waals surface area contributed by atoms with Crippen molar-refractivity contribution < 1.29 is 5.11 Å². The third-order valence-corrected chi connectivity index (χ3v) is 4.05. The van der Waals surface area contributed by atoms with Crippen molar-refractivity contribution in [3.8, 4) is 0 Å². The van der Waals surface area contributed by atoms with Gasteiger partial charge in [-0.3, -0.25) is 0 Å². The molecule has 0 aromatic heterocycles. The fourth-order valence-electron chi connectivity index (χ4n) is 2.95. The first-order chi connectivity index (χ1) is 8.47. The Morgan fingerprint density at radius 1 is 1.11 bits per heavy atom. The number of hydrogen-bond acceptors (Lipinski definition) is 2. The van der Waals surface area contributed by atoms with Gasteiger partial charge in [-0.25, -0.2) is 0 Å². The Hall–Kier alpha value is -0.0800. The van der Waals surface area contributed by atoms with Gasteiger partial charge in [-0.2, -0.15) is 0 Å². The van der Waals surface area contributed by atoms with Crippen LogP contribution in [-0.2, 0) is 0 Å². The molecule has 0 radical (unpaired) electrons. The molecule has 2 N–H and O–H groups in total. The molecule has 1 rings (SSSR count). The van der Waals surface area contributed by atoms with Crippen LogP contribution in [0.3, 0.4) is 0 Å². The van der Waals surface area contributed by atoms with Crippen molar-refractivity contribution >= 4 is 0 Å². The van der Waals surface area contributed by atoms with Crippen molar-refractivity contribution in [1.29, 1.82) is 0 Å². The second-order valence-corrected chi connectivity index (χ2v) is 6.81. The minimum Gasteiger partial charge on any atom is -0.390 e. The third kappa shape index (κ3) is 8.10. The van der Waals surface area contributed by atoms with E-state index in [0.29, 0.717) is 6.04 Å². The zero-order valence-electron chi connectivity index (χ0n) is 12.7. The number of nitrogens with one attached hydrogen (secondary N) is 1. The molecular weight excluding hydrogens is 222 g/mol. The molecule has 1 aliphatic rings. The van der Waals surface area contributed by atoms with E-state index in [0.717, 1.165) is 18.9 Å². The Kier molecular flexibility index (Phi) is 7.25. The molecule has 1 atom stereocenters. The average molecular weight is 255 g/mol. The molecule has 0 spiro atoms. The summed E-state index contributed by atoms with van der Waals surface area (Å²) in [6.45, 7) is 6.10. The summed E-state index contributed by atoms with van der Waals surface area (Å²) in [5.74, 6) is 0. The van der Waals surface area contributed by atoms with Crippen LogP contribution < -0.4 is 5.32 Å². The summed E-state index contributed by atoms with van der Waals surface area (Å²) in [5.41, 5.74) is -0.500. The van der Waals surface area contributed by atoms with Gasteiger partial charge in [0, 0.05) is 12.1 Å². The summed E-state index contributed by atoms with van der Waals surface area (Å²) in [6.07, 6.45) is 13.0. The Balaban J connectivity index is 2.15. The van der Waals surface area contributed by atoms with E-state index in [1.807, 2.05) is 13.8 Å². The van der Waals surface area contributed by atoms with Gasteiger partial charge < -0.3 is 10.4 Å². The second kappa shape index (κ2) is 8.16. The van der Waals surface area contributed by atoms with E-state index in [4.69, 9.17) is 0 Å². The molecule has 2 nitrogen and oxygen atoms in total. The Labute approximate surface area is 114 Å². The van der Waals surface area contributed by atoms with E-state index >= 15 is 0 Å². The van der Waals surface area contributed by atoms with Gasteiger partial charge in [-0.1, -0.05) is 32.1 Å². The van der Waals surface area contributed by atoms with Crippen LogP contribution in [0.15, 0.2) is 0 Å². The molecule has 0 amide bonds. The summed E-state index contributed by atoms with van der Waals surface area (Å²) >= 11 is 0. The summed E-state index contributed by atoms with van der Waals surface area (Å²) < 4.78 is 0. The maximum atomic E-state index is 9.70. The van der Waals surface area contributed by atoms with Gasteiger partial charge in [0.15, 0.2) is 0 Å². The predicted octanol–water partition coefficient (Wildman–Crippen LogP) is 4.02. The fraction of sp³-hybridized carbons (Fsp3) is 1.00. The molecule has 0 heterocycles. The summed E-state index contributed by atoms with van der Waals surface area (Å²) in [5, 5.41) is 13.5. The Morgan fingerprint density at radius 2 is 1.67 bits per heavy atom. The van der Waals surface area contributed by atoms with Crippen LogP contribution in [0.1, 0.15) is 85.0 Å². The van der Waals surface area contributed by atoms with E-state index in [1.165, 1.54) is 51.4 Å². The fourth-order valence-corrected chi connectivity index (χ4v) is 2.95. The van der Waals surface area contributed by atoms with Crippen molar-refractivity contribution in [2.75, 3.05) is 0 Å². The Bertz CT molecular complexity index is 202. The molecular formula is C16H33NO. The SMILES string of the molecule is C[C@H](CCCC(C)(C)O)NC1CCCCCCC1. The van der Waals surface area contributed by atoms with Crippen LogP contribution in [0.4, 0.5) is 0 Å². The third-order valence-electron chi connectivity index (χ3n) is 4.05. The highest BCUT2D eigenvalue weighted by Gasteiger charge is 2.15. The van der Waals surface area contributed by atoms with E-state index < -0.39 is 5.60 Å². The first-order valence-corrected chi connectivity index (χ1v) is 7.96. The Morgan fingerprint density at radius 3 is 2.22 bits per heavy atom. The lowest BCUT2D eigenvalue weighted by Crippen LogP contribution is -2.37. The van der Waals surface area contributed by atoms with Crippen molar-refractivity contribution in [2.45, 2.75) is 103 Å². The van der Waals surface area contributed by atoms with E-state index in [1.54, 1.807) is 0 Å². The molecule has 0 aromatic carbocycles. The minimum atomic E-state index is -0.500. The smallest absolute Gasteiger partial charge is 0.0591 e. The number of hydrogen-bond donors (Lipinski definition) is 2. The van der Waals surface area contributed by atoms with Gasteiger partial charge in [-0.15, -0.1) is 0 Å². The summed E-state index contributed by atoms with van der Waals surface area (Å²) in [6, 6.07) is 1.33. The maximum Gasteiger partial charge on any atom is 0.0591 e. The van der Waals surface area contributed by atoms with Crippen LogP contribution in [0.2, 0.25) is 0 Å². The standard InChI is InChI=1S/C16H33NO/c1-14(10-9-13-16(2,3)18)17-15-11-7-5-4-6-8-12-15/h14-15,17-18H,4-13H2,1-3H3/t14-/m1/s1. The molecule has 0 aliphatic heterocycles. The zero-order valence-corrected chi connectivity index (χ0v) is 12.7. The first kappa shape index (κ1) is 16.0. The van der Waals surface area contributed by atoms with Crippen molar-refractivity contribution in [2.24, 2.45) is 0 Å². The van der Waals surface area contributed by atoms with Crippen LogP contribution >= 0.6 is 0 Å². The molecule has 108 valence electrons. The van der Waals surface area contributed by atoms with E-state index in [2.05, 4.69) is 12.2 Å². The summed E-state index contributed by atoms with van der Waals surface area (Å²) in [4.78, 5) is 0. The lowest BCUT2D eigenvalue weighted by atomic mass is 9.95. The zero-order chi connectivity index (χ0) is 13.4. The highest BCUT2D eigenvalue weighted by Crippen LogP contribution is 2.19. The van der Waals surface area contributed by atoms with Gasteiger partial charge in [0.2, 0.25) is 0 Å². The molecule has 1 saturated carbocycles. The molecule has 1 aliphatic carbocycles. The highest BCUT2D eigenvalue weighted by atomic mass is 16.3. The van der Waals surface area contributed by atoms with Gasteiger partial charge in [-0.05, 0) is 52.9 Å². The van der Waals surface area contributed by atoms with Crippen LogP contribution in [0.25, 0.3) is 0 Å². The lowest BCUT2D eigenvalue weighted by molar-refractivity contribution is 0.0673. The normalized spacial score (nSPS) is 21.3. The first-order valence-electron chi connectivity index (χ1n) is 7.96. The monoisotopic (exact) mass is 255 g/mol. The van der Waals surface area contributed by atoms with Gasteiger partial charge in [0.05, 0.1) is 5.60 Å². The second-order valence-electron chi connectivity index (χ2n) is 6.81.